The van der Waals surface area contributed by atoms with Crippen molar-refractivity contribution in [3.8, 4) is 6.07 Å². The van der Waals surface area contributed by atoms with Gasteiger partial charge in [0.05, 0.1) is 17.3 Å². The fourth-order valence-electron chi connectivity index (χ4n) is 1.47. The number of halogens is 3. The maximum atomic E-state index is 13.2. The monoisotopic (exact) mass is 324 g/mol. The molecular weight excluding hydrogens is 319 g/mol. The number of hydrogen-bond acceptors (Lipinski definition) is 2. The quantitative estimate of drug-likeness (QED) is 0.856. The second-order valence-corrected chi connectivity index (χ2v) is 4.88. The summed E-state index contributed by atoms with van der Waals surface area (Å²) in [4.78, 5) is 0. The minimum Gasteiger partial charge on any atom is -0.354 e. The largest absolute Gasteiger partial charge is 0.354 e. The van der Waals surface area contributed by atoms with Crippen molar-refractivity contribution in [3.05, 3.63) is 57.3 Å². The van der Waals surface area contributed by atoms with E-state index in [2.05, 4.69) is 21.2 Å². The predicted octanol–water partition coefficient (Wildman–Crippen LogP) is 4.86. The third kappa shape index (κ3) is 3.00. The standard InChI is InChI=1S/C13H7BrClFN2/c14-12-3-8(7-17)1-2-13(12)18-11-5-9(15)4-10(16)6-11/h1-6,18H. The lowest BCUT2D eigenvalue weighted by Gasteiger charge is -2.09. The van der Waals surface area contributed by atoms with Gasteiger partial charge in [-0.05, 0) is 52.3 Å². The van der Waals surface area contributed by atoms with Crippen molar-refractivity contribution < 1.29 is 4.39 Å². The predicted molar refractivity (Wildman–Crippen MR) is 73.5 cm³/mol. The van der Waals surface area contributed by atoms with E-state index in [4.69, 9.17) is 16.9 Å². The summed E-state index contributed by atoms with van der Waals surface area (Å²) in [5.41, 5.74) is 1.82. The highest BCUT2D eigenvalue weighted by Crippen LogP contribution is 2.28. The normalized spacial score (nSPS) is 9.89. The highest BCUT2D eigenvalue weighted by atomic mass is 79.9. The van der Waals surface area contributed by atoms with Crippen LogP contribution in [0.1, 0.15) is 5.56 Å². The van der Waals surface area contributed by atoms with E-state index < -0.39 is 5.82 Å². The lowest BCUT2D eigenvalue weighted by Crippen LogP contribution is -1.93. The summed E-state index contributed by atoms with van der Waals surface area (Å²) in [6, 6.07) is 11.3. The zero-order valence-corrected chi connectivity index (χ0v) is 11.4. The summed E-state index contributed by atoms with van der Waals surface area (Å²) in [6.07, 6.45) is 0. The molecule has 0 aromatic heterocycles. The highest BCUT2D eigenvalue weighted by molar-refractivity contribution is 9.10. The third-order valence-electron chi connectivity index (χ3n) is 2.24. The van der Waals surface area contributed by atoms with E-state index >= 15 is 0 Å². The second kappa shape index (κ2) is 5.38. The lowest BCUT2D eigenvalue weighted by atomic mass is 10.2. The van der Waals surface area contributed by atoms with Gasteiger partial charge in [-0.2, -0.15) is 5.26 Å². The first kappa shape index (κ1) is 12.9. The molecule has 0 radical (unpaired) electrons. The highest BCUT2D eigenvalue weighted by Gasteiger charge is 2.04. The Labute approximate surface area is 117 Å². The van der Waals surface area contributed by atoms with Crippen LogP contribution in [0.25, 0.3) is 0 Å². The van der Waals surface area contributed by atoms with Crippen LogP contribution in [-0.4, -0.2) is 0 Å². The smallest absolute Gasteiger partial charge is 0.126 e. The van der Waals surface area contributed by atoms with E-state index in [-0.39, 0.29) is 0 Å². The minimum absolute atomic E-state index is 0.322. The van der Waals surface area contributed by atoms with Gasteiger partial charge in [-0.25, -0.2) is 4.39 Å². The van der Waals surface area contributed by atoms with Gasteiger partial charge in [-0.15, -0.1) is 0 Å². The van der Waals surface area contributed by atoms with Gasteiger partial charge in [0.2, 0.25) is 0 Å². The van der Waals surface area contributed by atoms with Crippen molar-refractivity contribution in [2.45, 2.75) is 0 Å². The van der Waals surface area contributed by atoms with Crippen LogP contribution in [0.3, 0.4) is 0 Å². The number of nitriles is 1. The Morgan fingerprint density at radius 1 is 1.22 bits per heavy atom. The molecule has 0 heterocycles. The number of anilines is 2. The molecule has 0 fully saturated rings. The van der Waals surface area contributed by atoms with E-state index in [0.717, 1.165) is 10.2 Å². The van der Waals surface area contributed by atoms with Crippen LogP contribution in [0.2, 0.25) is 5.02 Å². The summed E-state index contributed by atoms with van der Waals surface area (Å²) in [7, 11) is 0. The molecule has 90 valence electrons. The molecule has 2 aromatic rings. The molecule has 0 aliphatic rings. The molecule has 0 unspecified atom stereocenters. The van der Waals surface area contributed by atoms with Gasteiger partial charge in [-0.3, -0.25) is 0 Å². The van der Waals surface area contributed by atoms with Gasteiger partial charge in [0.15, 0.2) is 0 Å². The lowest BCUT2D eigenvalue weighted by molar-refractivity contribution is 0.628. The number of hydrogen-bond donors (Lipinski definition) is 1. The molecule has 0 atom stereocenters. The van der Waals surface area contributed by atoms with Crippen molar-refractivity contribution >= 4 is 38.9 Å². The van der Waals surface area contributed by atoms with E-state index in [1.165, 1.54) is 12.1 Å². The molecule has 0 bridgehead atoms. The maximum absolute atomic E-state index is 13.2. The molecule has 2 aromatic carbocycles. The Morgan fingerprint density at radius 3 is 2.61 bits per heavy atom. The SMILES string of the molecule is N#Cc1ccc(Nc2cc(F)cc(Cl)c2)c(Br)c1. The molecular formula is C13H7BrClFN2. The Hall–Kier alpha value is -1.57. The van der Waals surface area contributed by atoms with Crippen molar-refractivity contribution in [1.29, 1.82) is 5.26 Å². The molecule has 18 heavy (non-hydrogen) atoms. The van der Waals surface area contributed by atoms with Crippen molar-refractivity contribution in [2.75, 3.05) is 5.32 Å². The van der Waals surface area contributed by atoms with Crippen molar-refractivity contribution in [3.63, 3.8) is 0 Å². The molecule has 0 aliphatic heterocycles. The molecule has 2 nitrogen and oxygen atoms in total. The molecule has 2 rings (SSSR count). The molecule has 5 heteroatoms. The zero-order valence-electron chi connectivity index (χ0n) is 9.05. The van der Waals surface area contributed by atoms with Gasteiger partial charge in [-0.1, -0.05) is 11.6 Å². The van der Waals surface area contributed by atoms with E-state index in [1.54, 1.807) is 24.3 Å². The van der Waals surface area contributed by atoms with Gasteiger partial charge in [0.1, 0.15) is 5.82 Å². The van der Waals surface area contributed by atoms with Crippen LogP contribution >= 0.6 is 27.5 Å². The summed E-state index contributed by atoms with van der Waals surface area (Å²) >= 11 is 9.11. The van der Waals surface area contributed by atoms with Crippen molar-refractivity contribution in [1.82, 2.24) is 0 Å². The molecule has 0 amide bonds. The summed E-state index contributed by atoms with van der Waals surface area (Å²) in [5, 5.41) is 12.1. The second-order valence-electron chi connectivity index (χ2n) is 3.59. The van der Waals surface area contributed by atoms with Crippen LogP contribution in [0.15, 0.2) is 40.9 Å². The molecule has 0 saturated carbocycles. The summed E-state index contributed by atoms with van der Waals surface area (Å²) in [6.45, 7) is 0. The Kier molecular flexibility index (Phi) is 3.85. The fraction of sp³-hybridized carbons (Fsp3) is 0. The van der Waals surface area contributed by atoms with Crippen molar-refractivity contribution in [2.24, 2.45) is 0 Å². The van der Waals surface area contributed by atoms with Crippen LogP contribution in [-0.2, 0) is 0 Å². The first-order valence-electron chi connectivity index (χ1n) is 5.01. The van der Waals surface area contributed by atoms with Crippen LogP contribution in [0.5, 0.6) is 0 Å². The Morgan fingerprint density at radius 2 is 2.00 bits per heavy atom. The average molecular weight is 326 g/mol. The van der Waals surface area contributed by atoms with Gasteiger partial charge in [0.25, 0.3) is 0 Å². The Balaban J connectivity index is 2.31. The molecule has 1 N–H and O–H groups in total. The summed E-state index contributed by atoms with van der Waals surface area (Å²) < 4.78 is 13.9. The van der Waals surface area contributed by atoms with Crippen LogP contribution < -0.4 is 5.32 Å². The molecule has 0 spiro atoms. The maximum Gasteiger partial charge on any atom is 0.126 e. The molecule has 0 aliphatic carbocycles. The van der Waals surface area contributed by atoms with Gasteiger partial charge in [0, 0.05) is 15.2 Å². The van der Waals surface area contributed by atoms with Gasteiger partial charge >= 0.3 is 0 Å². The third-order valence-corrected chi connectivity index (χ3v) is 3.11. The number of rotatable bonds is 2. The number of nitrogens with zero attached hydrogens (tertiary/aromatic N) is 1. The number of benzene rings is 2. The molecule has 0 saturated heterocycles. The average Bonchev–Trinajstić information content (AvgIpc) is 2.30. The van der Waals surface area contributed by atoms with E-state index in [0.29, 0.717) is 16.3 Å². The van der Waals surface area contributed by atoms with E-state index in [1.807, 2.05) is 6.07 Å². The van der Waals surface area contributed by atoms with E-state index in [9.17, 15) is 4.39 Å². The van der Waals surface area contributed by atoms with Gasteiger partial charge < -0.3 is 5.32 Å². The minimum atomic E-state index is -0.408. The first-order chi connectivity index (χ1) is 8.58. The van der Waals surface area contributed by atoms with Crippen LogP contribution in [0, 0.1) is 17.1 Å². The first-order valence-corrected chi connectivity index (χ1v) is 6.18. The summed E-state index contributed by atoms with van der Waals surface area (Å²) in [5.74, 6) is -0.408. The fourth-order valence-corrected chi connectivity index (χ4v) is 2.17. The zero-order chi connectivity index (χ0) is 13.1. The number of nitrogens with one attached hydrogen (secondary N) is 1. The van der Waals surface area contributed by atoms with Crippen LogP contribution in [0.4, 0.5) is 15.8 Å². The topological polar surface area (TPSA) is 35.8 Å². The Bertz CT molecular complexity index is 617.